The summed E-state index contributed by atoms with van der Waals surface area (Å²) in [5.41, 5.74) is 3.67. The van der Waals surface area contributed by atoms with E-state index in [0.717, 1.165) is 17.1 Å². The van der Waals surface area contributed by atoms with Crippen molar-refractivity contribution in [1.82, 2.24) is 14.9 Å². The first kappa shape index (κ1) is 18.4. The van der Waals surface area contributed by atoms with Crippen LogP contribution in [-0.2, 0) is 0 Å². The Hall–Kier alpha value is -3.64. The van der Waals surface area contributed by atoms with Crippen LogP contribution in [0.3, 0.4) is 0 Å². The lowest BCUT2D eigenvalue weighted by molar-refractivity contribution is 0.472. The van der Waals surface area contributed by atoms with Crippen LogP contribution in [0.25, 0.3) is 5.69 Å². The summed E-state index contributed by atoms with van der Waals surface area (Å²) in [6.45, 7) is 0. The fourth-order valence-electron chi connectivity index (χ4n) is 4.04. The van der Waals surface area contributed by atoms with Crippen molar-refractivity contribution in [3.8, 4) is 11.4 Å². The second-order valence-electron chi connectivity index (χ2n) is 7.12. The second kappa shape index (κ2) is 7.65. The third kappa shape index (κ3) is 3.11. The molecule has 2 N–H and O–H groups in total. The van der Waals surface area contributed by atoms with Crippen molar-refractivity contribution >= 4 is 23.0 Å². The number of phenols is 1. The first-order chi connectivity index (χ1) is 14.7. The molecule has 0 radical (unpaired) electrons. The summed E-state index contributed by atoms with van der Waals surface area (Å²) in [6, 6.07) is 27.1. The van der Waals surface area contributed by atoms with Gasteiger partial charge in [0.05, 0.1) is 17.4 Å². The van der Waals surface area contributed by atoms with Gasteiger partial charge < -0.3 is 19.9 Å². The van der Waals surface area contributed by atoms with E-state index in [9.17, 15) is 5.11 Å². The van der Waals surface area contributed by atoms with E-state index in [-0.39, 0.29) is 17.8 Å². The highest BCUT2D eigenvalue weighted by atomic mass is 32.1. The molecule has 4 aromatic rings. The number of hydrogen-bond donors (Lipinski definition) is 2. The van der Waals surface area contributed by atoms with Crippen LogP contribution in [0.1, 0.15) is 23.5 Å². The second-order valence-corrected chi connectivity index (χ2v) is 7.51. The van der Waals surface area contributed by atoms with E-state index in [1.165, 1.54) is 0 Å². The van der Waals surface area contributed by atoms with Gasteiger partial charge in [-0.3, -0.25) is 4.98 Å². The smallest absolute Gasteiger partial charge is 0.174 e. The zero-order chi connectivity index (χ0) is 20.5. The summed E-state index contributed by atoms with van der Waals surface area (Å²) in [7, 11) is 0. The van der Waals surface area contributed by atoms with Gasteiger partial charge in [0.2, 0.25) is 0 Å². The Bertz CT molecular complexity index is 1180. The minimum atomic E-state index is -0.198. The molecular formula is C24H20N4OS. The average molecular weight is 413 g/mol. The molecule has 1 aliphatic rings. The van der Waals surface area contributed by atoms with Crippen LogP contribution in [0.15, 0.2) is 97.3 Å². The summed E-state index contributed by atoms with van der Waals surface area (Å²) in [5.74, 6) is 0.186. The van der Waals surface area contributed by atoms with Crippen LogP contribution in [0, 0.1) is 0 Å². The van der Waals surface area contributed by atoms with E-state index >= 15 is 0 Å². The summed E-state index contributed by atoms with van der Waals surface area (Å²) in [5, 5.41) is 14.6. The Morgan fingerprint density at radius 3 is 2.40 bits per heavy atom. The van der Waals surface area contributed by atoms with Gasteiger partial charge in [0.15, 0.2) is 5.11 Å². The predicted molar refractivity (Wildman–Crippen MR) is 122 cm³/mol. The molecule has 0 spiro atoms. The highest BCUT2D eigenvalue weighted by Crippen LogP contribution is 2.44. The van der Waals surface area contributed by atoms with Crippen LogP contribution < -0.4 is 10.2 Å². The van der Waals surface area contributed by atoms with Crippen molar-refractivity contribution in [2.45, 2.75) is 12.1 Å². The van der Waals surface area contributed by atoms with Crippen molar-refractivity contribution in [2.24, 2.45) is 0 Å². The summed E-state index contributed by atoms with van der Waals surface area (Å²) in [6.07, 6.45) is 3.83. The fraction of sp³-hybridized carbons (Fsp3) is 0.0833. The third-order valence-corrected chi connectivity index (χ3v) is 5.67. The highest BCUT2D eigenvalue weighted by molar-refractivity contribution is 7.80. The SMILES string of the molecule is Oc1ccccc1N1C(=S)NC(c2ccccn2)C1c1cccn1-c1ccccc1. The van der Waals surface area contributed by atoms with Crippen LogP contribution in [0.2, 0.25) is 0 Å². The molecule has 5 nitrogen and oxygen atoms in total. The molecule has 2 aromatic carbocycles. The van der Waals surface area contributed by atoms with Crippen molar-refractivity contribution in [1.29, 1.82) is 0 Å². The number of thiocarbonyl (C=S) groups is 1. The maximum atomic E-state index is 10.6. The number of anilines is 1. The van der Waals surface area contributed by atoms with E-state index in [1.807, 2.05) is 71.8 Å². The zero-order valence-corrected chi connectivity index (χ0v) is 16.9. The van der Waals surface area contributed by atoms with E-state index in [0.29, 0.717) is 10.8 Å². The van der Waals surface area contributed by atoms with Crippen molar-refractivity contribution in [3.05, 3.63) is 109 Å². The third-order valence-electron chi connectivity index (χ3n) is 5.36. The van der Waals surface area contributed by atoms with Crippen LogP contribution in [0.5, 0.6) is 5.75 Å². The highest BCUT2D eigenvalue weighted by Gasteiger charge is 2.42. The van der Waals surface area contributed by atoms with Gasteiger partial charge in [-0.15, -0.1) is 0 Å². The lowest BCUT2D eigenvalue weighted by Gasteiger charge is -2.29. The predicted octanol–water partition coefficient (Wildman–Crippen LogP) is 4.76. The van der Waals surface area contributed by atoms with Gasteiger partial charge in [0.1, 0.15) is 11.8 Å². The number of hydrogen-bond acceptors (Lipinski definition) is 3. The van der Waals surface area contributed by atoms with Gasteiger partial charge in [-0.1, -0.05) is 36.4 Å². The van der Waals surface area contributed by atoms with Gasteiger partial charge in [0, 0.05) is 23.8 Å². The maximum absolute atomic E-state index is 10.6. The summed E-state index contributed by atoms with van der Waals surface area (Å²) >= 11 is 5.74. The largest absolute Gasteiger partial charge is 0.506 e. The van der Waals surface area contributed by atoms with E-state index < -0.39 is 0 Å². The van der Waals surface area contributed by atoms with E-state index in [4.69, 9.17) is 12.2 Å². The number of para-hydroxylation sites is 3. The Morgan fingerprint density at radius 1 is 0.867 bits per heavy atom. The number of nitrogens with zero attached hydrogens (tertiary/aromatic N) is 3. The topological polar surface area (TPSA) is 53.3 Å². The number of aromatic hydroxyl groups is 1. The molecule has 30 heavy (non-hydrogen) atoms. The Labute approximate surface area is 180 Å². The zero-order valence-electron chi connectivity index (χ0n) is 16.1. The monoisotopic (exact) mass is 412 g/mol. The molecule has 1 saturated heterocycles. The fourth-order valence-corrected chi connectivity index (χ4v) is 4.38. The number of pyridine rings is 1. The number of aromatic nitrogens is 2. The number of rotatable bonds is 4. The Morgan fingerprint density at radius 2 is 1.63 bits per heavy atom. The molecular weight excluding hydrogens is 392 g/mol. The van der Waals surface area contributed by atoms with E-state index in [1.54, 1.807) is 12.3 Å². The average Bonchev–Trinajstić information content (AvgIpc) is 3.40. The van der Waals surface area contributed by atoms with Gasteiger partial charge in [-0.25, -0.2) is 0 Å². The first-order valence-electron chi connectivity index (χ1n) is 9.75. The molecule has 148 valence electrons. The minimum absolute atomic E-state index is 0.171. The van der Waals surface area contributed by atoms with Gasteiger partial charge in [-0.2, -0.15) is 0 Å². The molecule has 0 aliphatic carbocycles. The summed E-state index contributed by atoms with van der Waals surface area (Å²) in [4.78, 5) is 6.57. The van der Waals surface area contributed by atoms with Gasteiger partial charge in [0.25, 0.3) is 0 Å². The van der Waals surface area contributed by atoms with Crippen molar-refractivity contribution in [3.63, 3.8) is 0 Å². The van der Waals surface area contributed by atoms with Gasteiger partial charge in [-0.05, 0) is 60.7 Å². The molecule has 3 heterocycles. The van der Waals surface area contributed by atoms with Crippen molar-refractivity contribution < 1.29 is 5.11 Å². The molecule has 2 unspecified atom stereocenters. The van der Waals surface area contributed by atoms with E-state index in [2.05, 4.69) is 33.1 Å². The normalized spacial score (nSPS) is 18.4. The molecule has 0 saturated carbocycles. The molecule has 5 rings (SSSR count). The summed E-state index contributed by atoms with van der Waals surface area (Å²) < 4.78 is 2.16. The standard InChI is InChI=1S/C24H20N4OS/c29-21-14-5-4-12-19(21)28-23(22(26-24(28)30)18-11-6-7-15-25-18)20-13-8-16-27(20)17-9-2-1-3-10-17/h1-16,22-23,29H,(H,26,30). The molecule has 2 atom stereocenters. The molecule has 0 bridgehead atoms. The first-order valence-corrected chi connectivity index (χ1v) is 10.2. The minimum Gasteiger partial charge on any atom is -0.506 e. The number of phenolic OH excluding ortho intramolecular Hbond substituents is 1. The Kier molecular flexibility index (Phi) is 4.69. The molecule has 1 fully saturated rings. The van der Waals surface area contributed by atoms with Crippen LogP contribution in [0.4, 0.5) is 5.69 Å². The molecule has 0 amide bonds. The van der Waals surface area contributed by atoms with Crippen molar-refractivity contribution in [2.75, 3.05) is 4.90 Å². The molecule has 6 heteroatoms. The number of benzene rings is 2. The number of nitrogens with one attached hydrogen (secondary N) is 1. The lowest BCUT2D eigenvalue weighted by Crippen LogP contribution is -2.30. The molecule has 2 aromatic heterocycles. The van der Waals surface area contributed by atoms with Crippen LogP contribution in [-0.4, -0.2) is 19.8 Å². The molecule has 1 aliphatic heterocycles. The van der Waals surface area contributed by atoms with Gasteiger partial charge >= 0.3 is 0 Å². The van der Waals surface area contributed by atoms with Crippen LogP contribution >= 0.6 is 12.2 Å². The lowest BCUT2D eigenvalue weighted by atomic mass is 10.0. The maximum Gasteiger partial charge on any atom is 0.174 e. The Balaban J connectivity index is 1.69. The quantitative estimate of drug-likeness (QED) is 0.474.